The number of nitrogens with one attached hydrogen (secondary N) is 2. The van der Waals surface area contributed by atoms with Crippen LogP contribution in [0.1, 0.15) is 45.7 Å². The van der Waals surface area contributed by atoms with E-state index in [0.717, 1.165) is 30.0 Å². The number of benzene rings is 1. The van der Waals surface area contributed by atoms with E-state index in [-0.39, 0.29) is 11.4 Å². The summed E-state index contributed by atoms with van der Waals surface area (Å²) in [6.07, 6.45) is -0.522. The summed E-state index contributed by atoms with van der Waals surface area (Å²) in [5.74, 6) is 0.704. The smallest absolute Gasteiger partial charge is 0.261 e. The highest BCUT2D eigenvalue weighted by Gasteiger charge is 2.21. The number of rotatable bonds is 6. The molecule has 1 aromatic carbocycles. The molecule has 0 aliphatic rings. The van der Waals surface area contributed by atoms with E-state index in [4.69, 9.17) is 4.74 Å². The van der Waals surface area contributed by atoms with Gasteiger partial charge in [0.15, 0.2) is 6.10 Å². The number of carbonyl (C=O) groups is 1. The summed E-state index contributed by atoms with van der Waals surface area (Å²) in [6, 6.07) is 6.04. The van der Waals surface area contributed by atoms with Crippen molar-refractivity contribution in [2.24, 2.45) is 0 Å². The van der Waals surface area contributed by atoms with Crippen molar-refractivity contribution < 1.29 is 9.53 Å². The van der Waals surface area contributed by atoms with Crippen molar-refractivity contribution in [2.45, 2.75) is 59.7 Å². The Labute approximate surface area is 128 Å². The molecule has 0 radical (unpaired) electrons. The first kappa shape index (κ1) is 17.5. The molecular weight excluding hydrogens is 264 g/mol. The highest BCUT2D eigenvalue weighted by molar-refractivity contribution is 5.81. The molecule has 0 aliphatic heterocycles. The van der Waals surface area contributed by atoms with Crippen LogP contribution in [0.5, 0.6) is 5.75 Å². The topological polar surface area (TPSA) is 50.4 Å². The molecule has 0 spiro atoms. The molecule has 1 rings (SSSR count). The summed E-state index contributed by atoms with van der Waals surface area (Å²) in [7, 11) is 0. The molecule has 1 amide bonds. The van der Waals surface area contributed by atoms with Gasteiger partial charge in [-0.25, -0.2) is 0 Å². The average molecular weight is 292 g/mol. The molecule has 1 aromatic rings. The van der Waals surface area contributed by atoms with E-state index in [0.29, 0.717) is 0 Å². The minimum absolute atomic E-state index is 0.0971. The quantitative estimate of drug-likeness (QED) is 0.847. The van der Waals surface area contributed by atoms with Crippen molar-refractivity contribution in [3.8, 4) is 5.75 Å². The summed E-state index contributed by atoms with van der Waals surface area (Å²) in [4.78, 5) is 12.1. The molecule has 2 N–H and O–H groups in total. The van der Waals surface area contributed by atoms with Crippen molar-refractivity contribution in [1.82, 2.24) is 10.6 Å². The Morgan fingerprint density at radius 2 is 2.00 bits per heavy atom. The van der Waals surface area contributed by atoms with E-state index >= 15 is 0 Å². The van der Waals surface area contributed by atoms with Gasteiger partial charge in [0.25, 0.3) is 5.91 Å². The molecule has 0 heterocycles. The van der Waals surface area contributed by atoms with E-state index in [9.17, 15) is 4.79 Å². The van der Waals surface area contributed by atoms with Gasteiger partial charge >= 0.3 is 0 Å². The van der Waals surface area contributed by atoms with Crippen LogP contribution in [0.2, 0.25) is 0 Å². The van der Waals surface area contributed by atoms with E-state index in [1.807, 2.05) is 45.9 Å². The summed E-state index contributed by atoms with van der Waals surface area (Å²) in [5.41, 5.74) is 1.86. The fourth-order valence-electron chi connectivity index (χ4n) is 1.98. The minimum Gasteiger partial charge on any atom is -0.480 e. The predicted octanol–water partition coefficient (Wildman–Crippen LogP) is 2.79. The van der Waals surface area contributed by atoms with Crippen molar-refractivity contribution in [3.05, 3.63) is 29.3 Å². The fourth-order valence-corrected chi connectivity index (χ4v) is 1.98. The summed E-state index contributed by atoms with van der Waals surface area (Å²) in [5, 5.41) is 6.23. The highest BCUT2D eigenvalue weighted by atomic mass is 16.5. The molecule has 4 heteroatoms. The van der Waals surface area contributed by atoms with Crippen LogP contribution in [-0.2, 0) is 11.3 Å². The molecule has 118 valence electrons. The second-order valence-corrected chi connectivity index (χ2v) is 6.34. The van der Waals surface area contributed by atoms with E-state index in [2.05, 4.69) is 17.6 Å². The average Bonchev–Trinajstić information content (AvgIpc) is 2.37. The summed E-state index contributed by atoms with van der Waals surface area (Å²) < 4.78 is 5.93. The number of hydrogen-bond acceptors (Lipinski definition) is 3. The lowest BCUT2D eigenvalue weighted by Gasteiger charge is -2.25. The van der Waals surface area contributed by atoms with Gasteiger partial charge in [-0.2, -0.15) is 0 Å². The van der Waals surface area contributed by atoms with Crippen LogP contribution < -0.4 is 15.4 Å². The van der Waals surface area contributed by atoms with Gasteiger partial charge in [0, 0.05) is 17.6 Å². The number of ether oxygens (including phenoxy) is 1. The molecule has 0 aliphatic carbocycles. The van der Waals surface area contributed by atoms with Gasteiger partial charge in [-0.05, 0) is 46.7 Å². The Balaban J connectivity index is 2.83. The molecule has 0 fully saturated rings. The van der Waals surface area contributed by atoms with E-state index in [1.54, 1.807) is 6.92 Å². The van der Waals surface area contributed by atoms with Crippen LogP contribution in [0, 0.1) is 6.92 Å². The minimum atomic E-state index is -0.522. The Hall–Kier alpha value is -1.55. The molecule has 1 unspecified atom stereocenters. The first-order valence-electron chi connectivity index (χ1n) is 7.52. The SMILES string of the molecule is CCNCc1cccc(C)c1OC(C)C(=O)NC(C)(C)C. The number of amides is 1. The van der Waals surface area contributed by atoms with Crippen LogP contribution in [0.3, 0.4) is 0 Å². The van der Waals surface area contributed by atoms with E-state index < -0.39 is 6.10 Å². The molecule has 0 aromatic heterocycles. The molecule has 0 saturated carbocycles. The first-order chi connectivity index (χ1) is 9.74. The van der Waals surface area contributed by atoms with Gasteiger partial charge in [-0.3, -0.25) is 4.79 Å². The third kappa shape index (κ3) is 5.76. The normalized spacial score (nSPS) is 12.9. The number of hydrogen-bond donors (Lipinski definition) is 2. The monoisotopic (exact) mass is 292 g/mol. The van der Waals surface area contributed by atoms with Crippen molar-refractivity contribution in [2.75, 3.05) is 6.54 Å². The Bertz CT molecular complexity index is 478. The number of carbonyl (C=O) groups excluding carboxylic acids is 1. The zero-order chi connectivity index (χ0) is 16.0. The highest BCUT2D eigenvalue weighted by Crippen LogP contribution is 2.24. The first-order valence-corrected chi connectivity index (χ1v) is 7.52. The van der Waals surface area contributed by atoms with Gasteiger partial charge in [0.1, 0.15) is 5.75 Å². The molecule has 21 heavy (non-hydrogen) atoms. The van der Waals surface area contributed by atoms with Gasteiger partial charge in [0.05, 0.1) is 0 Å². The van der Waals surface area contributed by atoms with E-state index in [1.165, 1.54) is 0 Å². The zero-order valence-corrected chi connectivity index (χ0v) is 14.0. The molecule has 0 saturated heterocycles. The maximum Gasteiger partial charge on any atom is 0.261 e. The lowest BCUT2D eigenvalue weighted by atomic mass is 10.1. The lowest BCUT2D eigenvalue weighted by molar-refractivity contribution is -0.128. The third-order valence-electron chi connectivity index (χ3n) is 3.02. The van der Waals surface area contributed by atoms with Crippen LogP contribution in [-0.4, -0.2) is 24.1 Å². The van der Waals surface area contributed by atoms with Crippen LogP contribution in [0.4, 0.5) is 0 Å². The van der Waals surface area contributed by atoms with Gasteiger partial charge < -0.3 is 15.4 Å². The molecule has 4 nitrogen and oxygen atoms in total. The lowest BCUT2D eigenvalue weighted by Crippen LogP contribution is -2.46. The fraction of sp³-hybridized carbons (Fsp3) is 0.588. The zero-order valence-electron chi connectivity index (χ0n) is 14.0. The van der Waals surface area contributed by atoms with Gasteiger partial charge in [0.2, 0.25) is 0 Å². The number of aryl methyl sites for hydroxylation is 1. The van der Waals surface area contributed by atoms with Gasteiger partial charge in [-0.15, -0.1) is 0 Å². The summed E-state index contributed by atoms with van der Waals surface area (Å²) >= 11 is 0. The molecule has 1 atom stereocenters. The van der Waals surface area contributed by atoms with Crippen LogP contribution >= 0.6 is 0 Å². The molecular formula is C17H28N2O2. The largest absolute Gasteiger partial charge is 0.480 e. The summed E-state index contributed by atoms with van der Waals surface area (Å²) in [6.45, 7) is 13.4. The van der Waals surface area contributed by atoms with Crippen molar-refractivity contribution in [3.63, 3.8) is 0 Å². The van der Waals surface area contributed by atoms with Gasteiger partial charge in [-0.1, -0.05) is 25.1 Å². The van der Waals surface area contributed by atoms with Crippen LogP contribution in [0.25, 0.3) is 0 Å². The number of para-hydroxylation sites is 1. The Kier molecular flexibility index (Phi) is 6.21. The second kappa shape index (κ2) is 7.46. The van der Waals surface area contributed by atoms with Crippen molar-refractivity contribution >= 4 is 5.91 Å². The maximum atomic E-state index is 12.1. The Morgan fingerprint density at radius 3 is 2.57 bits per heavy atom. The van der Waals surface area contributed by atoms with Crippen LogP contribution in [0.15, 0.2) is 18.2 Å². The predicted molar refractivity (Wildman–Crippen MR) is 86.5 cm³/mol. The Morgan fingerprint density at radius 1 is 1.33 bits per heavy atom. The maximum absolute atomic E-state index is 12.1. The second-order valence-electron chi connectivity index (χ2n) is 6.34. The third-order valence-corrected chi connectivity index (χ3v) is 3.02. The molecule has 0 bridgehead atoms. The standard InChI is InChI=1S/C17H28N2O2/c1-7-18-11-14-10-8-9-12(2)15(14)21-13(3)16(20)19-17(4,5)6/h8-10,13,18H,7,11H2,1-6H3,(H,19,20). The van der Waals surface area contributed by atoms with Crippen molar-refractivity contribution in [1.29, 1.82) is 0 Å².